The van der Waals surface area contributed by atoms with E-state index in [0.717, 1.165) is 29.7 Å². The first-order chi connectivity index (χ1) is 8.38. The van der Waals surface area contributed by atoms with Gasteiger partial charge in [0.2, 0.25) is 0 Å². The highest BCUT2D eigenvalue weighted by Gasteiger charge is 2.38. The van der Waals surface area contributed by atoms with E-state index in [1.54, 1.807) is 13.0 Å². The molecule has 18 heavy (non-hydrogen) atoms. The molecule has 0 amide bonds. The van der Waals surface area contributed by atoms with Crippen LogP contribution in [0.15, 0.2) is 10.3 Å². The third-order valence-electron chi connectivity index (χ3n) is 3.31. The Balaban J connectivity index is 2.26. The number of aliphatic hydroxyl groups excluding tert-OH is 1. The van der Waals surface area contributed by atoms with E-state index in [2.05, 4.69) is 4.72 Å². The second-order valence-electron chi connectivity index (χ2n) is 4.77. The van der Waals surface area contributed by atoms with Crippen molar-refractivity contribution in [2.24, 2.45) is 0 Å². The number of rotatable bonds is 4. The van der Waals surface area contributed by atoms with Crippen LogP contribution in [0.25, 0.3) is 0 Å². The molecule has 0 saturated heterocycles. The highest BCUT2D eigenvalue weighted by molar-refractivity contribution is 7.91. The summed E-state index contributed by atoms with van der Waals surface area (Å²) in [5, 5.41) is 9.44. The molecule has 4 nitrogen and oxygen atoms in total. The summed E-state index contributed by atoms with van der Waals surface area (Å²) in [5.74, 6) is 0. The summed E-state index contributed by atoms with van der Waals surface area (Å²) in [7, 11) is -3.59. The Morgan fingerprint density at radius 2 is 2.11 bits per heavy atom. The van der Waals surface area contributed by atoms with Crippen molar-refractivity contribution in [2.45, 2.75) is 42.4 Å². The molecule has 0 radical (unpaired) electrons. The fraction of sp³-hybridized carbons (Fsp3) is 0.636. The van der Waals surface area contributed by atoms with Crippen LogP contribution in [0.5, 0.6) is 0 Å². The van der Waals surface area contributed by atoms with Gasteiger partial charge in [-0.05, 0) is 31.4 Å². The summed E-state index contributed by atoms with van der Waals surface area (Å²) in [4.78, 5) is 0. The van der Waals surface area contributed by atoms with Gasteiger partial charge in [-0.1, -0.05) is 24.4 Å². The summed E-state index contributed by atoms with van der Waals surface area (Å²) in [6, 6.07) is 1.56. The molecule has 0 aliphatic heterocycles. The Morgan fingerprint density at radius 3 is 2.56 bits per heavy atom. The van der Waals surface area contributed by atoms with Crippen molar-refractivity contribution in [3.63, 3.8) is 0 Å². The van der Waals surface area contributed by atoms with Gasteiger partial charge in [-0.25, -0.2) is 13.1 Å². The number of sulfonamides is 1. The predicted octanol–water partition coefficient (Wildman–Crippen LogP) is 2.29. The maximum Gasteiger partial charge on any atom is 0.250 e. The van der Waals surface area contributed by atoms with E-state index in [-0.39, 0.29) is 10.8 Å². The minimum atomic E-state index is -3.59. The molecule has 0 unspecified atom stereocenters. The third kappa shape index (κ3) is 2.72. The van der Waals surface area contributed by atoms with E-state index in [0.29, 0.717) is 17.2 Å². The van der Waals surface area contributed by atoms with Crippen LogP contribution in [0.3, 0.4) is 0 Å². The molecule has 2 N–H and O–H groups in total. The SMILES string of the molecule is Cc1cc(S(=O)(=O)NC2(CO)CCCC2)sc1Cl. The van der Waals surface area contributed by atoms with Crippen LogP contribution < -0.4 is 4.72 Å². The highest BCUT2D eigenvalue weighted by Crippen LogP contribution is 2.34. The molecule has 1 aliphatic carbocycles. The molecular formula is C11H16ClNO3S2. The summed E-state index contributed by atoms with van der Waals surface area (Å²) < 4.78 is 27.8. The number of nitrogens with one attached hydrogen (secondary N) is 1. The molecule has 1 saturated carbocycles. The van der Waals surface area contributed by atoms with Crippen LogP contribution in [0.2, 0.25) is 4.34 Å². The van der Waals surface area contributed by atoms with E-state index >= 15 is 0 Å². The number of halogens is 1. The van der Waals surface area contributed by atoms with Crippen molar-refractivity contribution >= 4 is 33.0 Å². The van der Waals surface area contributed by atoms with Crippen molar-refractivity contribution in [1.82, 2.24) is 4.72 Å². The topological polar surface area (TPSA) is 66.4 Å². The van der Waals surface area contributed by atoms with E-state index in [1.165, 1.54) is 0 Å². The zero-order valence-corrected chi connectivity index (χ0v) is 12.5. The van der Waals surface area contributed by atoms with Gasteiger partial charge in [0.05, 0.1) is 16.5 Å². The van der Waals surface area contributed by atoms with Gasteiger partial charge in [-0.15, -0.1) is 11.3 Å². The lowest BCUT2D eigenvalue weighted by Crippen LogP contribution is -2.48. The molecule has 2 rings (SSSR count). The number of hydrogen-bond donors (Lipinski definition) is 2. The molecule has 1 aliphatic rings. The van der Waals surface area contributed by atoms with Crippen LogP contribution in [0, 0.1) is 6.92 Å². The van der Waals surface area contributed by atoms with Gasteiger partial charge in [0.1, 0.15) is 4.21 Å². The standard InChI is InChI=1S/C11H16ClNO3S2/c1-8-6-9(17-10(8)12)18(15,16)13-11(7-14)4-2-3-5-11/h6,13-14H,2-5,7H2,1H3. The minimum absolute atomic E-state index is 0.162. The lowest BCUT2D eigenvalue weighted by Gasteiger charge is -2.27. The quantitative estimate of drug-likeness (QED) is 0.897. The maximum atomic E-state index is 12.2. The van der Waals surface area contributed by atoms with Gasteiger partial charge in [0.15, 0.2) is 0 Å². The average Bonchev–Trinajstić information content (AvgIpc) is 2.88. The summed E-state index contributed by atoms with van der Waals surface area (Å²) in [6.07, 6.45) is 3.24. The van der Waals surface area contributed by atoms with Crippen molar-refractivity contribution in [1.29, 1.82) is 0 Å². The lowest BCUT2D eigenvalue weighted by atomic mass is 10.0. The Bertz CT molecular complexity index is 513. The van der Waals surface area contributed by atoms with Crippen molar-refractivity contribution in [3.8, 4) is 0 Å². The second-order valence-corrected chi connectivity index (χ2v) is 8.34. The van der Waals surface area contributed by atoms with Gasteiger partial charge in [0.25, 0.3) is 10.0 Å². The molecule has 1 aromatic heterocycles. The maximum absolute atomic E-state index is 12.2. The first-order valence-electron chi connectivity index (χ1n) is 5.79. The molecule has 0 atom stereocenters. The largest absolute Gasteiger partial charge is 0.394 e. The molecule has 1 fully saturated rings. The third-order valence-corrected chi connectivity index (χ3v) is 6.92. The molecule has 1 heterocycles. The Labute approximate surface area is 116 Å². The highest BCUT2D eigenvalue weighted by atomic mass is 35.5. The molecule has 0 bridgehead atoms. The van der Waals surface area contributed by atoms with E-state index in [4.69, 9.17) is 11.6 Å². The van der Waals surface area contributed by atoms with Gasteiger partial charge in [-0.3, -0.25) is 0 Å². The van der Waals surface area contributed by atoms with Gasteiger partial charge >= 0.3 is 0 Å². The van der Waals surface area contributed by atoms with E-state index in [9.17, 15) is 13.5 Å². The fourth-order valence-corrected chi connectivity index (χ4v) is 5.40. The second kappa shape index (κ2) is 5.09. The molecule has 1 aromatic rings. The predicted molar refractivity (Wildman–Crippen MR) is 72.7 cm³/mol. The van der Waals surface area contributed by atoms with Gasteiger partial charge in [0, 0.05) is 0 Å². The monoisotopic (exact) mass is 309 g/mol. The van der Waals surface area contributed by atoms with Crippen molar-refractivity contribution < 1.29 is 13.5 Å². The molecule has 0 spiro atoms. The minimum Gasteiger partial charge on any atom is -0.394 e. The normalized spacial score (nSPS) is 19.3. The zero-order valence-electron chi connectivity index (χ0n) is 10.1. The average molecular weight is 310 g/mol. The van der Waals surface area contributed by atoms with Crippen LogP contribution in [-0.2, 0) is 10.0 Å². The number of thiophene rings is 1. The number of aryl methyl sites for hydroxylation is 1. The fourth-order valence-electron chi connectivity index (χ4n) is 2.24. The van der Waals surface area contributed by atoms with E-state index in [1.807, 2.05) is 0 Å². The molecule has 102 valence electrons. The first kappa shape index (κ1) is 14.3. The van der Waals surface area contributed by atoms with E-state index < -0.39 is 15.6 Å². The summed E-state index contributed by atoms with van der Waals surface area (Å²) >= 11 is 6.94. The van der Waals surface area contributed by atoms with Gasteiger partial charge in [-0.2, -0.15) is 0 Å². The lowest BCUT2D eigenvalue weighted by molar-refractivity contribution is 0.185. The Kier molecular flexibility index (Phi) is 4.04. The van der Waals surface area contributed by atoms with Crippen molar-refractivity contribution in [2.75, 3.05) is 6.61 Å². The number of hydrogen-bond acceptors (Lipinski definition) is 4. The zero-order chi connectivity index (χ0) is 13.4. The van der Waals surface area contributed by atoms with Crippen LogP contribution in [0.4, 0.5) is 0 Å². The van der Waals surface area contributed by atoms with Crippen LogP contribution >= 0.6 is 22.9 Å². The summed E-state index contributed by atoms with van der Waals surface area (Å²) in [6.45, 7) is 1.61. The smallest absolute Gasteiger partial charge is 0.250 e. The van der Waals surface area contributed by atoms with Crippen molar-refractivity contribution in [3.05, 3.63) is 16.0 Å². The van der Waals surface area contributed by atoms with Crippen LogP contribution in [-0.4, -0.2) is 25.7 Å². The Morgan fingerprint density at radius 1 is 1.50 bits per heavy atom. The van der Waals surface area contributed by atoms with Gasteiger partial charge < -0.3 is 5.11 Å². The van der Waals surface area contributed by atoms with Crippen LogP contribution in [0.1, 0.15) is 31.2 Å². The first-order valence-corrected chi connectivity index (χ1v) is 8.47. The number of aliphatic hydroxyl groups is 1. The summed E-state index contributed by atoms with van der Waals surface area (Å²) in [5.41, 5.74) is 0.0648. The Hall–Kier alpha value is -0.140. The molecule has 0 aromatic carbocycles. The molecular weight excluding hydrogens is 294 g/mol. The molecule has 7 heteroatoms.